The van der Waals surface area contributed by atoms with Gasteiger partial charge in [-0.15, -0.1) is 0 Å². The molecule has 2 rings (SSSR count). The first-order valence-electron chi connectivity index (χ1n) is 7.52. The van der Waals surface area contributed by atoms with E-state index in [-0.39, 0.29) is 5.78 Å². The Bertz CT molecular complexity index is 766. The standard InChI is InChI=1S/C19H18ClNO3/c1-3-24-19(23)16-6-4-5-7-17(16)21-13(2)12-18(22)14-8-10-15(20)11-9-14/h4-12,21H,3H2,1-2H3/b13-12+. The zero-order chi connectivity index (χ0) is 17.5. The quantitative estimate of drug-likeness (QED) is 0.468. The first kappa shape index (κ1) is 17.8. The number of hydrogen-bond acceptors (Lipinski definition) is 4. The molecule has 5 heteroatoms. The number of benzene rings is 2. The van der Waals surface area contributed by atoms with Crippen molar-refractivity contribution < 1.29 is 14.3 Å². The Kier molecular flexibility index (Phi) is 6.15. The third kappa shape index (κ3) is 4.70. The van der Waals surface area contributed by atoms with Gasteiger partial charge in [-0.3, -0.25) is 4.79 Å². The number of anilines is 1. The number of allylic oxidation sites excluding steroid dienone is 2. The molecule has 0 amide bonds. The molecule has 0 fully saturated rings. The van der Waals surface area contributed by atoms with E-state index >= 15 is 0 Å². The number of ether oxygens (including phenoxy) is 1. The number of rotatable bonds is 6. The molecule has 0 saturated heterocycles. The van der Waals surface area contributed by atoms with Gasteiger partial charge >= 0.3 is 5.97 Å². The smallest absolute Gasteiger partial charge is 0.340 e. The van der Waals surface area contributed by atoms with Gasteiger partial charge in [-0.2, -0.15) is 0 Å². The molecule has 0 aliphatic rings. The molecule has 0 saturated carbocycles. The summed E-state index contributed by atoms with van der Waals surface area (Å²) in [4.78, 5) is 24.2. The Morgan fingerprint density at radius 3 is 2.46 bits per heavy atom. The fourth-order valence-corrected chi connectivity index (χ4v) is 2.25. The normalized spacial score (nSPS) is 11.0. The van der Waals surface area contributed by atoms with Crippen LogP contribution in [-0.2, 0) is 4.74 Å². The second kappa shape index (κ2) is 8.31. The SMILES string of the molecule is CCOC(=O)c1ccccc1N/C(C)=C/C(=O)c1ccc(Cl)cc1. The molecule has 124 valence electrons. The first-order valence-corrected chi connectivity index (χ1v) is 7.90. The second-order valence-electron chi connectivity index (χ2n) is 5.09. The van der Waals surface area contributed by atoms with Crippen LogP contribution in [-0.4, -0.2) is 18.4 Å². The van der Waals surface area contributed by atoms with Crippen LogP contribution in [0.2, 0.25) is 5.02 Å². The molecule has 0 aromatic heterocycles. The molecule has 4 nitrogen and oxygen atoms in total. The van der Waals surface area contributed by atoms with Gasteiger partial charge in [-0.05, 0) is 50.2 Å². The monoisotopic (exact) mass is 343 g/mol. The van der Waals surface area contributed by atoms with Gasteiger partial charge in [0.25, 0.3) is 0 Å². The van der Waals surface area contributed by atoms with Crippen molar-refractivity contribution in [1.82, 2.24) is 0 Å². The molecular formula is C19H18ClNO3. The van der Waals surface area contributed by atoms with Gasteiger partial charge in [0, 0.05) is 22.4 Å². The molecule has 1 N–H and O–H groups in total. The highest BCUT2D eigenvalue weighted by atomic mass is 35.5. The summed E-state index contributed by atoms with van der Waals surface area (Å²) in [5.74, 6) is -0.553. The lowest BCUT2D eigenvalue weighted by molar-refractivity contribution is 0.0527. The molecular weight excluding hydrogens is 326 g/mol. The highest BCUT2D eigenvalue weighted by Gasteiger charge is 2.12. The third-order valence-corrected chi connectivity index (χ3v) is 3.48. The van der Waals surface area contributed by atoms with Crippen LogP contribution in [0.15, 0.2) is 60.3 Å². The highest BCUT2D eigenvalue weighted by molar-refractivity contribution is 6.30. The first-order chi connectivity index (χ1) is 11.5. The Morgan fingerprint density at radius 1 is 1.12 bits per heavy atom. The lowest BCUT2D eigenvalue weighted by Gasteiger charge is -2.11. The minimum Gasteiger partial charge on any atom is -0.462 e. The van der Waals surface area contributed by atoms with Gasteiger partial charge in [-0.25, -0.2) is 4.79 Å². The van der Waals surface area contributed by atoms with Crippen molar-refractivity contribution in [2.45, 2.75) is 13.8 Å². The van der Waals surface area contributed by atoms with Crippen LogP contribution in [0.5, 0.6) is 0 Å². The minimum absolute atomic E-state index is 0.148. The number of halogens is 1. The number of carbonyl (C=O) groups is 2. The zero-order valence-electron chi connectivity index (χ0n) is 13.5. The second-order valence-corrected chi connectivity index (χ2v) is 5.53. The maximum Gasteiger partial charge on any atom is 0.340 e. The summed E-state index contributed by atoms with van der Waals surface area (Å²) in [7, 11) is 0. The Balaban J connectivity index is 2.17. The van der Waals surface area contributed by atoms with Crippen molar-refractivity contribution in [3.05, 3.63) is 76.5 Å². The lowest BCUT2D eigenvalue weighted by Crippen LogP contribution is -2.09. The van der Waals surface area contributed by atoms with Crippen LogP contribution >= 0.6 is 11.6 Å². The van der Waals surface area contributed by atoms with Crippen LogP contribution < -0.4 is 5.32 Å². The summed E-state index contributed by atoms with van der Waals surface area (Å²) >= 11 is 5.82. The van der Waals surface area contributed by atoms with E-state index in [9.17, 15) is 9.59 Å². The summed E-state index contributed by atoms with van der Waals surface area (Å²) in [5, 5.41) is 3.65. The Morgan fingerprint density at radius 2 is 1.79 bits per heavy atom. The van der Waals surface area contributed by atoms with Crippen LogP contribution in [0.25, 0.3) is 0 Å². The van der Waals surface area contributed by atoms with Gasteiger partial charge in [0.05, 0.1) is 17.9 Å². The number of carbonyl (C=O) groups excluding carboxylic acids is 2. The molecule has 24 heavy (non-hydrogen) atoms. The molecule has 2 aromatic rings. The largest absolute Gasteiger partial charge is 0.462 e. The molecule has 2 aromatic carbocycles. The maximum absolute atomic E-state index is 12.2. The summed E-state index contributed by atoms with van der Waals surface area (Å²) < 4.78 is 5.03. The number of esters is 1. The molecule has 0 unspecified atom stereocenters. The summed E-state index contributed by atoms with van der Waals surface area (Å²) in [6, 6.07) is 13.7. The van der Waals surface area contributed by atoms with Gasteiger partial charge in [-0.1, -0.05) is 23.7 Å². The average molecular weight is 344 g/mol. The van der Waals surface area contributed by atoms with E-state index in [2.05, 4.69) is 5.32 Å². The topological polar surface area (TPSA) is 55.4 Å². The van der Waals surface area contributed by atoms with Crippen molar-refractivity contribution in [3.63, 3.8) is 0 Å². The van der Waals surface area contributed by atoms with Crippen LogP contribution in [0.1, 0.15) is 34.6 Å². The van der Waals surface area contributed by atoms with E-state index in [0.717, 1.165) is 0 Å². The number of para-hydroxylation sites is 1. The zero-order valence-corrected chi connectivity index (χ0v) is 14.3. The van der Waals surface area contributed by atoms with Crippen molar-refractivity contribution in [2.75, 3.05) is 11.9 Å². The molecule has 0 spiro atoms. The van der Waals surface area contributed by atoms with Crippen LogP contribution in [0, 0.1) is 0 Å². The molecule has 0 radical (unpaired) electrons. The van der Waals surface area contributed by atoms with E-state index < -0.39 is 5.97 Å². The molecule has 0 atom stereocenters. The number of ketones is 1. The van der Waals surface area contributed by atoms with Gasteiger partial charge in [0.15, 0.2) is 5.78 Å². The number of hydrogen-bond donors (Lipinski definition) is 1. The average Bonchev–Trinajstić information content (AvgIpc) is 2.56. The van der Waals surface area contributed by atoms with Crippen molar-refractivity contribution in [1.29, 1.82) is 0 Å². The van der Waals surface area contributed by atoms with E-state index in [1.807, 2.05) is 0 Å². The predicted octanol–water partition coefficient (Wildman–Crippen LogP) is 4.72. The predicted molar refractivity (Wildman–Crippen MR) is 95.6 cm³/mol. The molecule has 0 aliphatic heterocycles. The van der Waals surface area contributed by atoms with E-state index in [1.54, 1.807) is 62.4 Å². The van der Waals surface area contributed by atoms with Crippen molar-refractivity contribution >= 4 is 29.0 Å². The van der Waals surface area contributed by atoms with Crippen LogP contribution in [0.3, 0.4) is 0 Å². The summed E-state index contributed by atoms with van der Waals surface area (Å²) in [6.07, 6.45) is 1.48. The van der Waals surface area contributed by atoms with Gasteiger partial charge in [0.1, 0.15) is 0 Å². The van der Waals surface area contributed by atoms with E-state index in [4.69, 9.17) is 16.3 Å². The van der Waals surface area contributed by atoms with Crippen molar-refractivity contribution in [3.8, 4) is 0 Å². The van der Waals surface area contributed by atoms with Gasteiger partial charge in [0.2, 0.25) is 0 Å². The summed E-state index contributed by atoms with van der Waals surface area (Å²) in [5.41, 5.74) is 2.17. The number of nitrogens with one attached hydrogen (secondary N) is 1. The van der Waals surface area contributed by atoms with E-state index in [0.29, 0.717) is 34.1 Å². The fraction of sp³-hybridized carbons (Fsp3) is 0.158. The highest BCUT2D eigenvalue weighted by Crippen LogP contribution is 2.18. The van der Waals surface area contributed by atoms with Crippen LogP contribution in [0.4, 0.5) is 5.69 Å². The summed E-state index contributed by atoms with van der Waals surface area (Å²) in [6.45, 7) is 3.82. The molecule has 0 bridgehead atoms. The fourth-order valence-electron chi connectivity index (χ4n) is 2.12. The molecule has 0 heterocycles. The lowest BCUT2D eigenvalue weighted by atomic mass is 10.1. The third-order valence-electron chi connectivity index (χ3n) is 3.23. The van der Waals surface area contributed by atoms with Crippen molar-refractivity contribution in [2.24, 2.45) is 0 Å². The Labute approximate surface area is 146 Å². The minimum atomic E-state index is -0.405. The Hall–Kier alpha value is -2.59. The molecule has 0 aliphatic carbocycles. The maximum atomic E-state index is 12.2. The van der Waals surface area contributed by atoms with Gasteiger partial charge < -0.3 is 10.1 Å². The van der Waals surface area contributed by atoms with E-state index in [1.165, 1.54) is 6.08 Å².